The molecule has 1 fully saturated rings. The minimum atomic E-state index is -0.0857. The topological polar surface area (TPSA) is 44.7 Å². The number of anilines is 1. The Morgan fingerprint density at radius 2 is 1.91 bits per heavy atom. The van der Waals surface area contributed by atoms with Crippen LogP contribution in [-0.4, -0.2) is 22.7 Å². The molecule has 2 heterocycles. The summed E-state index contributed by atoms with van der Waals surface area (Å²) in [6, 6.07) is 13.0. The van der Waals surface area contributed by atoms with E-state index in [2.05, 4.69) is 68.9 Å². The number of nitrogens with zero attached hydrogens (tertiary/aromatic N) is 2. The number of hydrogen-bond donors (Lipinski definition) is 1. The highest BCUT2D eigenvalue weighted by atomic mass is 32.2. The SMILES string of the molecule is Cc1cc2c(cc1/C=C1\SC(=Nc3ccccc3C)NC1=O)C(C)CC(C)(C)N2C(C)C. The van der Waals surface area contributed by atoms with Crippen LogP contribution in [0.15, 0.2) is 46.3 Å². The van der Waals surface area contributed by atoms with Gasteiger partial charge < -0.3 is 10.2 Å². The maximum Gasteiger partial charge on any atom is 0.264 e. The fourth-order valence-corrected chi connectivity index (χ4v) is 5.99. The normalized spacial score (nSPS) is 22.6. The molecule has 1 unspecified atom stereocenters. The molecule has 4 nitrogen and oxygen atoms in total. The van der Waals surface area contributed by atoms with Gasteiger partial charge in [0.05, 0.1) is 10.6 Å². The molecule has 1 amide bonds. The second-order valence-corrected chi connectivity index (χ2v) is 10.9. The van der Waals surface area contributed by atoms with Crippen molar-refractivity contribution in [2.45, 2.75) is 72.4 Å². The molecular formula is C27H33N3OS. The number of aryl methyl sites for hydroxylation is 2. The number of benzene rings is 2. The summed E-state index contributed by atoms with van der Waals surface area (Å²) in [6.45, 7) is 15.7. The molecule has 5 heteroatoms. The molecule has 32 heavy (non-hydrogen) atoms. The van der Waals surface area contributed by atoms with Gasteiger partial charge in [-0.2, -0.15) is 0 Å². The molecule has 0 saturated carbocycles. The first-order chi connectivity index (χ1) is 15.1. The van der Waals surface area contributed by atoms with Crippen molar-refractivity contribution in [1.82, 2.24) is 5.32 Å². The zero-order chi connectivity index (χ0) is 23.2. The fourth-order valence-electron chi connectivity index (χ4n) is 5.17. The van der Waals surface area contributed by atoms with Crippen LogP contribution in [0, 0.1) is 13.8 Å². The number of amides is 1. The Bertz CT molecular complexity index is 1130. The standard InChI is InChI=1S/C27H33N3OS/c1-16(2)30-23-12-18(4)20(13-21(23)19(5)15-27(30,6)7)14-24-25(31)29-26(32-24)28-22-11-9-8-10-17(22)3/h8-14,16,19H,15H2,1-7H3,(H,28,29,31)/b24-14-. The highest BCUT2D eigenvalue weighted by Gasteiger charge is 2.38. The van der Waals surface area contributed by atoms with Crippen LogP contribution in [0.25, 0.3) is 6.08 Å². The number of hydrogen-bond acceptors (Lipinski definition) is 4. The first-order valence-electron chi connectivity index (χ1n) is 11.4. The lowest BCUT2D eigenvalue weighted by Gasteiger charge is -2.50. The van der Waals surface area contributed by atoms with E-state index in [4.69, 9.17) is 0 Å². The number of carbonyl (C=O) groups excluding carboxylic acids is 1. The Kier molecular flexibility index (Phi) is 5.97. The summed E-state index contributed by atoms with van der Waals surface area (Å²) in [5, 5.41) is 3.55. The Morgan fingerprint density at radius 3 is 2.59 bits per heavy atom. The second-order valence-electron chi connectivity index (χ2n) is 9.92. The van der Waals surface area contributed by atoms with Crippen molar-refractivity contribution in [3.8, 4) is 0 Å². The lowest BCUT2D eigenvalue weighted by molar-refractivity contribution is -0.115. The van der Waals surface area contributed by atoms with Gasteiger partial charge >= 0.3 is 0 Å². The Morgan fingerprint density at radius 1 is 1.19 bits per heavy atom. The van der Waals surface area contributed by atoms with Gasteiger partial charge in [0.1, 0.15) is 0 Å². The van der Waals surface area contributed by atoms with Crippen LogP contribution in [0.2, 0.25) is 0 Å². The molecule has 0 aromatic heterocycles. The molecule has 1 atom stereocenters. The summed E-state index contributed by atoms with van der Waals surface area (Å²) < 4.78 is 0. The van der Waals surface area contributed by atoms with Gasteiger partial charge in [0.25, 0.3) is 5.91 Å². The highest BCUT2D eigenvalue weighted by Crippen LogP contribution is 2.45. The molecule has 0 aliphatic carbocycles. The largest absolute Gasteiger partial charge is 0.364 e. The van der Waals surface area contributed by atoms with Gasteiger partial charge in [-0.15, -0.1) is 0 Å². The van der Waals surface area contributed by atoms with Gasteiger partial charge in [0.15, 0.2) is 5.17 Å². The van der Waals surface area contributed by atoms with Gasteiger partial charge in [-0.3, -0.25) is 4.79 Å². The number of carbonyl (C=O) groups is 1. The van der Waals surface area contributed by atoms with Crippen LogP contribution in [0.1, 0.15) is 69.2 Å². The van der Waals surface area contributed by atoms with Crippen LogP contribution in [-0.2, 0) is 4.79 Å². The number of rotatable bonds is 3. The van der Waals surface area contributed by atoms with Gasteiger partial charge in [0.2, 0.25) is 0 Å². The molecule has 1 saturated heterocycles. The smallest absolute Gasteiger partial charge is 0.264 e. The number of thioether (sulfide) groups is 1. The lowest BCUT2D eigenvalue weighted by atomic mass is 9.78. The van der Waals surface area contributed by atoms with Gasteiger partial charge in [-0.05, 0) is 112 Å². The molecule has 0 radical (unpaired) electrons. The maximum atomic E-state index is 12.7. The number of amidine groups is 1. The van der Waals surface area contributed by atoms with Crippen molar-refractivity contribution in [3.05, 3.63) is 63.6 Å². The van der Waals surface area contributed by atoms with Crippen LogP contribution < -0.4 is 10.2 Å². The Hall–Kier alpha value is -2.53. The molecule has 168 valence electrons. The van der Waals surface area contributed by atoms with Crippen molar-refractivity contribution in [3.63, 3.8) is 0 Å². The number of fused-ring (bicyclic) bond motifs is 1. The molecule has 2 aromatic rings. The molecular weight excluding hydrogens is 414 g/mol. The van der Waals surface area contributed by atoms with E-state index in [9.17, 15) is 4.79 Å². The van der Waals surface area contributed by atoms with E-state index in [-0.39, 0.29) is 11.4 Å². The minimum Gasteiger partial charge on any atom is -0.364 e. The summed E-state index contributed by atoms with van der Waals surface area (Å²) >= 11 is 1.41. The van der Waals surface area contributed by atoms with Crippen LogP contribution >= 0.6 is 11.8 Å². The summed E-state index contributed by atoms with van der Waals surface area (Å²) in [5.74, 6) is 0.383. The minimum absolute atomic E-state index is 0.0857. The lowest BCUT2D eigenvalue weighted by Crippen LogP contribution is -2.51. The van der Waals surface area contributed by atoms with E-state index in [1.165, 1.54) is 28.6 Å². The summed E-state index contributed by atoms with van der Waals surface area (Å²) in [5.41, 5.74) is 7.07. The number of aliphatic imine (C=N–C) groups is 1. The predicted molar refractivity (Wildman–Crippen MR) is 138 cm³/mol. The van der Waals surface area contributed by atoms with E-state index >= 15 is 0 Å². The monoisotopic (exact) mass is 447 g/mol. The zero-order valence-corrected chi connectivity index (χ0v) is 20.9. The van der Waals surface area contributed by atoms with Crippen molar-refractivity contribution in [2.75, 3.05) is 4.90 Å². The molecule has 1 N–H and O–H groups in total. The first-order valence-corrected chi connectivity index (χ1v) is 12.2. The zero-order valence-electron chi connectivity index (χ0n) is 20.1. The number of para-hydroxylation sites is 1. The molecule has 0 spiro atoms. The molecule has 2 aliphatic heterocycles. The van der Waals surface area contributed by atoms with Gasteiger partial charge in [-0.25, -0.2) is 4.99 Å². The quantitative estimate of drug-likeness (QED) is 0.533. The van der Waals surface area contributed by atoms with Crippen LogP contribution in [0.4, 0.5) is 11.4 Å². The van der Waals surface area contributed by atoms with Gasteiger partial charge in [0, 0.05) is 17.3 Å². The highest BCUT2D eigenvalue weighted by molar-refractivity contribution is 8.18. The van der Waals surface area contributed by atoms with E-state index < -0.39 is 0 Å². The van der Waals surface area contributed by atoms with Crippen molar-refractivity contribution < 1.29 is 4.79 Å². The summed E-state index contributed by atoms with van der Waals surface area (Å²) in [6.07, 6.45) is 3.13. The van der Waals surface area contributed by atoms with Crippen LogP contribution in [0.3, 0.4) is 0 Å². The second kappa shape index (κ2) is 8.43. The van der Waals surface area contributed by atoms with Crippen LogP contribution in [0.5, 0.6) is 0 Å². The van der Waals surface area contributed by atoms with Crippen molar-refractivity contribution >= 4 is 40.3 Å². The van der Waals surface area contributed by atoms with E-state index in [1.54, 1.807) is 0 Å². The third kappa shape index (κ3) is 4.23. The van der Waals surface area contributed by atoms with Gasteiger partial charge in [-0.1, -0.05) is 25.1 Å². The summed E-state index contributed by atoms with van der Waals surface area (Å²) in [4.78, 5) is 20.6. The fraction of sp³-hybridized carbons (Fsp3) is 0.407. The van der Waals surface area contributed by atoms with Crippen molar-refractivity contribution in [1.29, 1.82) is 0 Å². The summed E-state index contributed by atoms with van der Waals surface area (Å²) in [7, 11) is 0. The molecule has 4 rings (SSSR count). The van der Waals surface area contributed by atoms with E-state index in [1.807, 2.05) is 37.3 Å². The predicted octanol–water partition coefficient (Wildman–Crippen LogP) is 6.70. The first kappa shape index (κ1) is 22.7. The number of nitrogens with one attached hydrogen (secondary N) is 1. The maximum absolute atomic E-state index is 12.7. The Balaban J connectivity index is 1.69. The average molecular weight is 448 g/mol. The van der Waals surface area contributed by atoms with E-state index in [0.29, 0.717) is 22.0 Å². The molecule has 2 aliphatic rings. The average Bonchev–Trinajstić information content (AvgIpc) is 3.02. The third-order valence-electron chi connectivity index (χ3n) is 6.45. The van der Waals surface area contributed by atoms with Crippen molar-refractivity contribution in [2.24, 2.45) is 4.99 Å². The van der Waals surface area contributed by atoms with E-state index in [0.717, 1.165) is 23.2 Å². The molecule has 0 bridgehead atoms. The Labute approximate surface area is 196 Å². The molecule has 2 aromatic carbocycles. The third-order valence-corrected chi connectivity index (χ3v) is 7.36.